The van der Waals surface area contributed by atoms with Crippen LogP contribution in [0.5, 0.6) is 5.75 Å². The Balaban J connectivity index is 2.21. The van der Waals surface area contributed by atoms with Crippen LogP contribution in [0, 0.1) is 13.8 Å². The quantitative estimate of drug-likeness (QED) is 0.516. The van der Waals surface area contributed by atoms with Gasteiger partial charge in [0.15, 0.2) is 0 Å². The summed E-state index contributed by atoms with van der Waals surface area (Å²) in [4.78, 5) is 0. The third-order valence-electron chi connectivity index (χ3n) is 3.31. The molecule has 0 aliphatic carbocycles. The molecule has 3 nitrogen and oxygen atoms in total. The Labute approximate surface area is 119 Å². The average molecular weight is 269 g/mol. The smallest absolute Gasteiger partial charge is 0.128 e. The highest BCUT2D eigenvalue weighted by molar-refractivity contribution is 6.00. The van der Waals surface area contributed by atoms with Crippen molar-refractivity contribution in [2.75, 3.05) is 0 Å². The minimum absolute atomic E-state index is 0.503. The molecule has 104 valence electrons. The summed E-state index contributed by atoms with van der Waals surface area (Å²) in [5, 5.41) is 12.2. The average Bonchev–Trinajstić information content (AvgIpc) is 2.47. The van der Waals surface area contributed by atoms with E-state index in [2.05, 4.69) is 37.2 Å². The van der Waals surface area contributed by atoms with Gasteiger partial charge in [0.05, 0.1) is 5.71 Å². The maximum absolute atomic E-state index is 8.91. The van der Waals surface area contributed by atoms with Crippen LogP contribution in [-0.2, 0) is 6.61 Å². The largest absolute Gasteiger partial charge is 0.488 e. The zero-order valence-electron chi connectivity index (χ0n) is 12.1. The van der Waals surface area contributed by atoms with Crippen LogP contribution >= 0.6 is 0 Å². The van der Waals surface area contributed by atoms with Crippen LogP contribution in [0.2, 0.25) is 0 Å². The normalized spacial score (nSPS) is 11.4. The van der Waals surface area contributed by atoms with E-state index in [0.29, 0.717) is 12.3 Å². The number of benzene rings is 2. The number of ether oxygens (including phenoxy) is 1. The highest BCUT2D eigenvalue weighted by atomic mass is 16.5. The lowest BCUT2D eigenvalue weighted by Crippen LogP contribution is -2.03. The predicted molar refractivity (Wildman–Crippen MR) is 80.7 cm³/mol. The van der Waals surface area contributed by atoms with Crippen molar-refractivity contribution in [2.24, 2.45) is 5.16 Å². The van der Waals surface area contributed by atoms with Gasteiger partial charge in [-0.1, -0.05) is 41.1 Å². The Morgan fingerprint density at radius 1 is 1.15 bits per heavy atom. The molecule has 0 saturated heterocycles. The first kappa shape index (κ1) is 14.1. The molecule has 20 heavy (non-hydrogen) atoms. The van der Waals surface area contributed by atoms with E-state index < -0.39 is 0 Å². The van der Waals surface area contributed by atoms with E-state index in [1.165, 1.54) is 16.7 Å². The van der Waals surface area contributed by atoms with Gasteiger partial charge in [-0.2, -0.15) is 0 Å². The van der Waals surface area contributed by atoms with E-state index in [-0.39, 0.29) is 0 Å². The molecule has 0 heterocycles. The molecular formula is C17H19NO2. The fourth-order valence-electron chi connectivity index (χ4n) is 2.06. The molecule has 0 amide bonds. The van der Waals surface area contributed by atoms with Gasteiger partial charge in [0.2, 0.25) is 0 Å². The molecule has 0 spiro atoms. The summed E-state index contributed by atoms with van der Waals surface area (Å²) in [6, 6.07) is 13.9. The third kappa shape index (κ3) is 3.18. The van der Waals surface area contributed by atoms with Gasteiger partial charge in [0.1, 0.15) is 12.4 Å². The maximum Gasteiger partial charge on any atom is 0.128 e. The monoisotopic (exact) mass is 269 g/mol. The fraction of sp³-hybridized carbons (Fsp3) is 0.235. The minimum Gasteiger partial charge on any atom is -0.488 e. The van der Waals surface area contributed by atoms with Crippen molar-refractivity contribution in [3.8, 4) is 5.75 Å². The molecule has 0 aliphatic rings. The van der Waals surface area contributed by atoms with Crippen LogP contribution in [0.3, 0.4) is 0 Å². The van der Waals surface area contributed by atoms with Crippen molar-refractivity contribution in [1.82, 2.24) is 0 Å². The molecule has 0 bridgehead atoms. The summed E-state index contributed by atoms with van der Waals surface area (Å²) in [6.07, 6.45) is 0. The standard InChI is InChI=1S/C17H19NO2/c1-12-8-9-13(2)15(10-12)11-20-17-7-5-4-6-16(17)14(3)18-19/h4-10,19H,11H2,1-3H3. The van der Waals surface area contributed by atoms with Crippen molar-refractivity contribution in [1.29, 1.82) is 0 Å². The van der Waals surface area contributed by atoms with Crippen molar-refractivity contribution in [3.63, 3.8) is 0 Å². The number of nitrogens with zero attached hydrogens (tertiary/aromatic N) is 1. The first-order chi connectivity index (χ1) is 9.61. The second kappa shape index (κ2) is 6.24. The van der Waals surface area contributed by atoms with Crippen molar-refractivity contribution < 1.29 is 9.94 Å². The zero-order chi connectivity index (χ0) is 14.5. The van der Waals surface area contributed by atoms with Crippen LogP contribution in [0.4, 0.5) is 0 Å². The first-order valence-electron chi connectivity index (χ1n) is 6.59. The number of aryl methyl sites for hydroxylation is 2. The topological polar surface area (TPSA) is 41.8 Å². The number of oxime groups is 1. The minimum atomic E-state index is 0.503. The number of hydrogen-bond donors (Lipinski definition) is 1. The maximum atomic E-state index is 8.91. The lowest BCUT2D eigenvalue weighted by atomic mass is 10.1. The lowest BCUT2D eigenvalue weighted by molar-refractivity contribution is 0.302. The summed E-state index contributed by atoms with van der Waals surface area (Å²) in [7, 11) is 0. The highest BCUT2D eigenvalue weighted by Crippen LogP contribution is 2.21. The second-order valence-electron chi connectivity index (χ2n) is 4.90. The van der Waals surface area contributed by atoms with E-state index >= 15 is 0 Å². The molecule has 0 fully saturated rings. The highest BCUT2D eigenvalue weighted by Gasteiger charge is 2.07. The van der Waals surface area contributed by atoms with Gasteiger partial charge < -0.3 is 9.94 Å². The zero-order valence-corrected chi connectivity index (χ0v) is 12.1. The number of para-hydroxylation sites is 1. The molecule has 1 N–H and O–H groups in total. The van der Waals surface area contributed by atoms with Gasteiger partial charge >= 0.3 is 0 Å². The third-order valence-corrected chi connectivity index (χ3v) is 3.31. The predicted octanol–water partition coefficient (Wildman–Crippen LogP) is 4.08. The van der Waals surface area contributed by atoms with E-state index in [1.807, 2.05) is 24.3 Å². The van der Waals surface area contributed by atoms with Crippen LogP contribution in [0.25, 0.3) is 0 Å². The molecular weight excluding hydrogens is 250 g/mol. The Morgan fingerprint density at radius 2 is 1.90 bits per heavy atom. The van der Waals surface area contributed by atoms with E-state index in [4.69, 9.17) is 9.94 Å². The van der Waals surface area contributed by atoms with Crippen LogP contribution in [0.1, 0.15) is 29.2 Å². The van der Waals surface area contributed by atoms with Crippen molar-refractivity contribution >= 4 is 5.71 Å². The summed E-state index contributed by atoms with van der Waals surface area (Å²) in [5.74, 6) is 0.726. The Bertz CT molecular complexity index is 633. The molecule has 0 aromatic heterocycles. The molecule has 2 rings (SSSR count). The van der Waals surface area contributed by atoms with Gasteiger partial charge in [-0.25, -0.2) is 0 Å². The van der Waals surface area contributed by atoms with Gasteiger partial charge in [-0.3, -0.25) is 0 Å². The van der Waals surface area contributed by atoms with Gasteiger partial charge in [0.25, 0.3) is 0 Å². The van der Waals surface area contributed by atoms with E-state index in [9.17, 15) is 0 Å². The van der Waals surface area contributed by atoms with Crippen LogP contribution < -0.4 is 4.74 Å². The second-order valence-corrected chi connectivity index (χ2v) is 4.90. The molecule has 0 saturated carbocycles. The molecule has 3 heteroatoms. The van der Waals surface area contributed by atoms with Crippen LogP contribution in [-0.4, -0.2) is 10.9 Å². The Hall–Kier alpha value is -2.29. The molecule has 0 aliphatic heterocycles. The van der Waals surface area contributed by atoms with Gasteiger partial charge in [0, 0.05) is 5.56 Å². The summed E-state index contributed by atoms with van der Waals surface area (Å²) in [6.45, 7) is 6.40. The Morgan fingerprint density at radius 3 is 2.65 bits per heavy atom. The van der Waals surface area contributed by atoms with E-state index in [1.54, 1.807) is 6.92 Å². The summed E-state index contributed by atoms with van der Waals surface area (Å²) in [5.41, 5.74) is 4.94. The van der Waals surface area contributed by atoms with Crippen molar-refractivity contribution in [3.05, 3.63) is 64.7 Å². The number of hydrogen-bond acceptors (Lipinski definition) is 3. The number of rotatable bonds is 4. The fourth-order valence-corrected chi connectivity index (χ4v) is 2.06. The molecule has 2 aromatic rings. The van der Waals surface area contributed by atoms with Gasteiger partial charge in [-0.05, 0) is 44.0 Å². The Kier molecular flexibility index (Phi) is 4.41. The summed E-state index contributed by atoms with van der Waals surface area (Å²) < 4.78 is 5.89. The first-order valence-corrected chi connectivity index (χ1v) is 6.59. The molecule has 0 atom stereocenters. The molecule has 0 radical (unpaired) electrons. The molecule has 2 aromatic carbocycles. The van der Waals surface area contributed by atoms with Crippen LogP contribution in [0.15, 0.2) is 47.6 Å². The lowest BCUT2D eigenvalue weighted by Gasteiger charge is -2.12. The SMILES string of the molecule is CC(=NO)c1ccccc1OCc1cc(C)ccc1C. The van der Waals surface area contributed by atoms with Gasteiger partial charge in [-0.15, -0.1) is 0 Å². The van der Waals surface area contributed by atoms with Crippen molar-refractivity contribution in [2.45, 2.75) is 27.4 Å². The van der Waals surface area contributed by atoms with E-state index in [0.717, 1.165) is 11.3 Å². The summed E-state index contributed by atoms with van der Waals surface area (Å²) >= 11 is 0. The molecule has 0 unspecified atom stereocenters.